The Bertz CT molecular complexity index is 881. The highest BCUT2D eigenvalue weighted by Crippen LogP contribution is 2.33. The van der Waals surface area contributed by atoms with E-state index in [4.69, 9.17) is 21.1 Å². The lowest BCUT2D eigenvalue weighted by atomic mass is 10.1. The van der Waals surface area contributed by atoms with Crippen molar-refractivity contribution in [1.29, 1.82) is 0 Å². The third kappa shape index (κ3) is 3.13. The summed E-state index contributed by atoms with van der Waals surface area (Å²) in [6.45, 7) is 0.681. The number of ether oxygens (including phenoxy) is 2. The van der Waals surface area contributed by atoms with E-state index >= 15 is 0 Å². The van der Waals surface area contributed by atoms with Crippen molar-refractivity contribution in [2.24, 2.45) is 5.10 Å². The molecule has 0 atom stereocenters. The normalized spacial score (nSPS) is 15.4. The van der Waals surface area contributed by atoms with Crippen LogP contribution in [0.5, 0.6) is 17.2 Å². The molecule has 0 aromatic heterocycles. The number of benzene rings is 2. The average molecular weight is 359 g/mol. The number of nitrogens with zero attached hydrogens (tertiary/aromatic N) is 2. The van der Waals surface area contributed by atoms with E-state index in [1.807, 2.05) is 12.1 Å². The summed E-state index contributed by atoms with van der Waals surface area (Å²) in [5, 5.41) is 16.3. The lowest BCUT2D eigenvalue weighted by Crippen LogP contribution is -2.25. The summed E-state index contributed by atoms with van der Waals surface area (Å²) in [6.07, 6.45) is 0.787. The quantitative estimate of drug-likeness (QED) is 0.915. The van der Waals surface area contributed by atoms with E-state index in [1.165, 1.54) is 11.1 Å². The van der Waals surface area contributed by atoms with Gasteiger partial charge in [0.05, 0.1) is 18.7 Å². The van der Waals surface area contributed by atoms with Gasteiger partial charge in [0.1, 0.15) is 5.75 Å². The van der Waals surface area contributed by atoms with E-state index in [2.05, 4.69) is 5.10 Å². The van der Waals surface area contributed by atoms with Gasteiger partial charge in [0, 0.05) is 17.0 Å². The summed E-state index contributed by atoms with van der Waals surface area (Å²) in [4.78, 5) is 12.5. The maximum atomic E-state index is 12.5. The smallest absolute Gasteiger partial charge is 0.247 e. The van der Waals surface area contributed by atoms with Crippen LogP contribution in [0.2, 0.25) is 5.02 Å². The zero-order valence-corrected chi connectivity index (χ0v) is 14.0. The van der Waals surface area contributed by atoms with Gasteiger partial charge in [-0.3, -0.25) is 4.79 Å². The number of carbonyl (C=O) groups excluding carboxylic acids is 1. The molecular weight excluding hydrogens is 344 g/mol. The zero-order chi connectivity index (χ0) is 17.4. The molecule has 0 saturated carbocycles. The highest BCUT2D eigenvalue weighted by Gasteiger charge is 2.24. The molecule has 0 radical (unpaired) electrons. The van der Waals surface area contributed by atoms with Gasteiger partial charge in [-0.1, -0.05) is 17.7 Å². The number of halogens is 1. The van der Waals surface area contributed by atoms with Crippen molar-refractivity contribution in [3.63, 3.8) is 0 Å². The molecule has 6 nitrogen and oxygen atoms in total. The van der Waals surface area contributed by atoms with Crippen LogP contribution in [0.1, 0.15) is 17.5 Å². The fourth-order valence-corrected chi connectivity index (χ4v) is 3.05. The van der Waals surface area contributed by atoms with Crippen molar-refractivity contribution >= 4 is 23.2 Å². The Morgan fingerprint density at radius 1 is 1.20 bits per heavy atom. The van der Waals surface area contributed by atoms with Gasteiger partial charge in [-0.05, 0) is 35.9 Å². The SMILES string of the molecule is O=C(Cc1ccc2c(c1)OCO2)N1CCC(c2cc(Cl)ccc2O)=N1. The number of phenols is 1. The standard InChI is InChI=1S/C18H15ClN2O4/c19-12-2-3-15(22)13(9-12)14-5-6-21(20-14)18(23)8-11-1-4-16-17(7-11)25-10-24-16/h1-4,7,9,22H,5-6,8,10H2. The van der Waals surface area contributed by atoms with Crippen LogP contribution in [0.3, 0.4) is 0 Å². The van der Waals surface area contributed by atoms with Gasteiger partial charge >= 0.3 is 0 Å². The summed E-state index contributed by atoms with van der Waals surface area (Å²) >= 11 is 5.98. The number of rotatable bonds is 3. The maximum Gasteiger partial charge on any atom is 0.247 e. The van der Waals surface area contributed by atoms with Crippen molar-refractivity contribution in [3.8, 4) is 17.2 Å². The molecule has 2 aromatic rings. The predicted molar refractivity (Wildman–Crippen MR) is 92.3 cm³/mol. The van der Waals surface area contributed by atoms with Crippen LogP contribution in [0.25, 0.3) is 0 Å². The number of carbonyl (C=O) groups is 1. The van der Waals surface area contributed by atoms with E-state index in [0.29, 0.717) is 40.8 Å². The second-order valence-corrected chi connectivity index (χ2v) is 6.28. The predicted octanol–water partition coefficient (Wildman–Crippen LogP) is 2.95. The van der Waals surface area contributed by atoms with Gasteiger partial charge in [0.25, 0.3) is 0 Å². The van der Waals surface area contributed by atoms with Crippen LogP contribution < -0.4 is 9.47 Å². The van der Waals surface area contributed by atoms with Crippen LogP contribution in [-0.4, -0.2) is 35.1 Å². The van der Waals surface area contributed by atoms with Gasteiger partial charge in [-0.15, -0.1) is 0 Å². The zero-order valence-electron chi connectivity index (χ0n) is 13.2. The topological polar surface area (TPSA) is 71.4 Å². The molecule has 2 aromatic carbocycles. The first-order chi connectivity index (χ1) is 12.1. The molecular formula is C18H15ClN2O4. The van der Waals surface area contributed by atoms with E-state index < -0.39 is 0 Å². The van der Waals surface area contributed by atoms with Crippen LogP contribution in [-0.2, 0) is 11.2 Å². The summed E-state index contributed by atoms with van der Waals surface area (Å²) in [5.74, 6) is 1.33. The average Bonchev–Trinajstić information content (AvgIpc) is 3.25. The number of fused-ring (bicyclic) bond motifs is 1. The van der Waals surface area contributed by atoms with Crippen molar-refractivity contribution in [2.75, 3.05) is 13.3 Å². The summed E-state index contributed by atoms with van der Waals surface area (Å²) < 4.78 is 10.6. The minimum atomic E-state index is -0.115. The van der Waals surface area contributed by atoms with Gasteiger partial charge in [0.15, 0.2) is 11.5 Å². The fraction of sp³-hybridized carbons (Fsp3) is 0.222. The van der Waals surface area contributed by atoms with E-state index in [1.54, 1.807) is 18.2 Å². The van der Waals surface area contributed by atoms with Crippen molar-refractivity contribution < 1.29 is 19.4 Å². The first-order valence-corrected chi connectivity index (χ1v) is 8.23. The van der Waals surface area contributed by atoms with Gasteiger partial charge in [-0.2, -0.15) is 5.10 Å². The molecule has 1 amide bonds. The van der Waals surface area contributed by atoms with E-state index in [9.17, 15) is 9.90 Å². The summed E-state index contributed by atoms with van der Waals surface area (Å²) in [7, 11) is 0. The molecule has 4 rings (SSSR count). The molecule has 0 unspecified atom stereocenters. The monoisotopic (exact) mass is 358 g/mol. The number of amides is 1. The number of phenolic OH excluding ortho intramolecular Hbond substituents is 1. The first kappa shape index (κ1) is 15.8. The fourth-order valence-electron chi connectivity index (χ4n) is 2.88. The van der Waals surface area contributed by atoms with Gasteiger partial charge in [0.2, 0.25) is 12.7 Å². The molecule has 2 aliphatic heterocycles. The Morgan fingerprint density at radius 3 is 2.92 bits per heavy atom. The van der Waals surface area contributed by atoms with Crippen LogP contribution in [0.15, 0.2) is 41.5 Å². The minimum absolute atomic E-state index is 0.105. The molecule has 0 spiro atoms. The number of hydrogen-bond donors (Lipinski definition) is 1. The molecule has 2 heterocycles. The van der Waals surface area contributed by atoms with Crippen molar-refractivity contribution in [2.45, 2.75) is 12.8 Å². The second-order valence-electron chi connectivity index (χ2n) is 5.84. The maximum absolute atomic E-state index is 12.5. The van der Waals surface area contributed by atoms with Crippen LogP contribution in [0, 0.1) is 0 Å². The Hall–Kier alpha value is -2.73. The van der Waals surface area contributed by atoms with Gasteiger partial charge < -0.3 is 14.6 Å². The van der Waals surface area contributed by atoms with Crippen LogP contribution >= 0.6 is 11.6 Å². The van der Waals surface area contributed by atoms with Crippen LogP contribution in [0.4, 0.5) is 0 Å². The molecule has 25 heavy (non-hydrogen) atoms. The highest BCUT2D eigenvalue weighted by molar-refractivity contribution is 6.31. The molecule has 128 valence electrons. The summed E-state index contributed by atoms with van der Waals surface area (Å²) in [5.41, 5.74) is 2.05. The minimum Gasteiger partial charge on any atom is -0.507 e. The lowest BCUT2D eigenvalue weighted by Gasteiger charge is -2.11. The number of aromatic hydroxyl groups is 1. The van der Waals surface area contributed by atoms with Crippen molar-refractivity contribution in [3.05, 3.63) is 52.5 Å². The Morgan fingerprint density at radius 2 is 2.04 bits per heavy atom. The third-order valence-electron chi connectivity index (χ3n) is 4.15. The molecule has 0 fully saturated rings. The van der Waals surface area contributed by atoms with Gasteiger partial charge in [-0.25, -0.2) is 5.01 Å². The Labute approximate surface area is 149 Å². The third-order valence-corrected chi connectivity index (χ3v) is 4.39. The van der Waals surface area contributed by atoms with E-state index in [0.717, 1.165) is 5.56 Å². The Balaban J connectivity index is 1.50. The number of hydrazone groups is 1. The highest BCUT2D eigenvalue weighted by atomic mass is 35.5. The molecule has 0 aliphatic carbocycles. The van der Waals surface area contributed by atoms with Crippen molar-refractivity contribution in [1.82, 2.24) is 5.01 Å². The molecule has 0 bridgehead atoms. The first-order valence-electron chi connectivity index (χ1n) is 7.85. The molecule has 1 N–H and O–H groups in total. The molecule has 2 aliphatic rings. The largest absolute Gasteiger partial charge is 0.507 e. The lowest BCUT2D eigenvalue weighted by molar-refractivity contribution is -0.130. The summed E-state index contributed by atoms with van der Waals surface area (Å²) in [6, 6.07) is 10.2. The Kier molecular flexibility index (Phi) is 3.97. The number of hydrogen-bond acceptors (Lipinski definition) is 5. The molecule has 7 heteroatoms. The van der Waals surface area contributed by atoms with E-state index in [-0.39, 0.29) is 24.9 Å². The molecule has 0 saturated heterocycles. The second kappa shape index (κ2) is 6.29.